The maximum atomic E-state index is 12.8. The van der Waals surface area contributed by atoms with Gasteiger partial charge in [0.1, 0.15) is 17.7 Å². The summed E-state index contributed by atoms with van der Waals surface area (Å²) in [5, 5.41) is 9.09. The van der Waals surface area contributed by atoms with Crippen LogP contribution in [-0.2, 0) is 24.8 Å². The molecule has 0 atom stereocenters. The van der Waals surface area contributed by atoms with Crippen molar-refractivity contribution in [1.29, 1.82) is 5.26 Å². The molecule has 0 saturated heterocycles. The lowest BCUT2D eigenvalue weighted by Crippen LogP contribution is -2.26. The molecule has 1 aliphatic rings. The number of amides is 1. The number of hydrogen-bond acceptors (Lipinski definition) is 5. The molecule has 1 aliphatic heterocycles. The third-order valence-electron chi connectivity index (χ3n) is 6.11. The molecule has 7 nitrogen and oxygen atoms in total. The maximum absolute atomic E-state index is 12.8. The smallest absolute Gasteiger partial charge is 0.233 e. The second-order valence-electron chi connectivity index (χ2n) is 8.81. The van der Waals surface area contributed by atoms with Crippen LogP contribution in [0.15, 0.2) is 60.9 Å². The Kier molecular flexibility index (Phi) is 5.42. The summed E-state index contributed by atoms with van der Waals surface area (Å²) in [6, 6.07) is 18.1. The maximum Gasteiger partial charge on any atom is 0.233 e. The number of carbonyl (C=O) groups is 1. The fraction of sp³-hybridized carbons (Fsp3) is 0.222. The van der Waals surface area contributed by atoms with Crippen molar-refractivity contribution in [3.63, 3.8) is 0 Å². The minimum atomic E-state index is 0.0189. The van der Waals surface area contributed by atoms with Gasteiger partial charge in [-0.15, -0.1) is 0 Å². The molecule has 5 rings (SSSR count). The molecule has 2 aromatic carbocycles. The van der Waals surface area contributed by atoms with Gasteiger partial charge >= 0.3 is 0 Å². The van der Waals surface area contributed by atoms with Gasteiger partial charge in [0, 0.05) is 36.1 Å². The minimum absolute atomic E-state index is 0.0189. The molecule has 0 unspecified atom stereocenters. The van der Waals surface area contributed by atoms with Crippen molar-refractivity contribution in [3.8, 4) is 28.8 Å². The first kappa shape index (κ1) is 21.5. The number of hydrogen-bond donors (Lipinski definition) is 0. The largest absolute Gasteiger partial charge is 0.333 e. The zero-order valence-corrected chi connectivity index (χ0v) is 19.4. The van der Waals surface area contributed by atoms with Gasteiger partial charge in [-0.3, -0.25) is 9.69 Å². The summed E-state index contributed by atoms with van der Waals surface area (Å²) in [6.07, 6.45) is 3.80. The SMILES string of the molecule is CC(C)c1ccccc1-c1ncc2c(n1)N(Cc1ccc(-c3nc(C#N)cn3C)cc1)C(=O)C2. The summed E-state index contributed by atoms with van der Waals surface area (Å²) in [5.41, 5.74) is 5.32. The third-order valence-corrected chi connectivity index (χ3v) is 6.11. The second kappa shape index (κ2) is 8.56. The van der Waals surface area contributed by atoms with Crippen LogP contribution in [0, 0.1) is 11.3 Å². The van der Waals surface area contributed by atoms with Crippen LogP contribution in [0.3, 0.4) is 0 Å². The minimum Gasteiger partial charge on any atom is -0.333 e. The normalized spacial score (nSPS) is 12.8. The summed E-state index contributed by atoms with van der Waals surface area (Å²) in [6.45, 7) is 4.73. The lowest BCUT2D eigenvalue weighted by molar-refractivity contribution is -0.117. The van der Waals surface area contributed by atoms with Crippen molar-refractivity contribution in [2.45, 2.75) is 32.7 Å². The molecule has 3 heterocycles. The van der Waals surface area contributed by atoms with E-state index in [1.165, 1.54) is 5.56 Å². The zero-order chi connectivity index (χ0) is 23.8. The summed E-state index contributed by atoms with van der Waals surface area (Å²) in [5.74, 6) is 2.41. The average Bonchev–Trinajstić information content (AvgIpc) is 3.38. The van der Waals surface area contributed by atoms with Gasteiger partial charge in [0.05, 0.1) is 13.0 Å². The number of nitrogens with zero attached hydrogens (tertiary/aromatic N) is 6. The first-order chi connectivity index (χ1) is 16.4. The van der Waals surface area contributed by atoms with Gasteiger partial charge in [0.25, 0.3) is 0 Å². The second-order valence-corrected chi connectivity index (χ2v) is 8.81. The molecule has 0 spiro atoms. The number of fused-ring (bicyclic) bond motifs is 1. The Morgan fingerprint density at radius 1 is 1.09 bits per heavy atom. The van der Waals surface area contributed by atoms with E-state index in [2.05, 4.69) is 36.0 Å². The van der Waals surface area contributed by atoms with Crippen LogP contribution < -0.4 is 4.90 Å². The Morgan fingerprint density at radius 3 is 2.56 bits per heavy atom. The Balaban J connectivity index is 1.43. The van der Waals surface area contributed by atoms with E-state index in [4.69, 9.17) is 10.2 Å². The number of aryl methyl sites for hydroxylation is 1. The number of anilines is 1. The van der Waals surface area contributed by atoms with E-state index in [9.17, 15) is 4.79 Å². The number of benzene rings is 2. The van der Waals surface area contributed by atoms with Gasteiger partial charge < -0.3 is 4.57 Å². The molecule has 0 radical (unpaired) electrons. The molecule has 0 fully saturated rings. The predicted molar refractivity (Wildman–Crippen MR) is 130 cm³/mol. The van der Waals surface area contributed by atoms with Gasteiger partial charge in [-0.25, -0.2) is 15.0 Å². The highest BCUT2D eigenvalue weighted by Gasteiger charge is 2.30. The first-order valence-corrected chi connectivity index (χ1v) is 11.2. The van der Waals surface area contributed by atoms with Crippen LogP contribution in [0.25, 0.3) is 22.8 Å². The van der Waals surface area contributed by atoms with E-state index in [1.807, 2.05) is 54.1 Å². The van der Waals surface area contributed by atoms with E-state index in [1.54, 1.807) is 17.3 Å². The lowest BCUT2D eigenvalue weighted by atomic mass is 9.97. The van der Waals surface area contributed by atoms with E-state index in [0.717, 1.165) is 28.1 Å². The van der Waals surface area contributed by atoms with Crippen LogP contribution in [0.2, 0.25) is 0 Å². The van der Waals surface area contributed by atoms with E-state index in [0.29, 0.717) is 36.2 Å². The fourth-order valence-corrected chi connectivity index (χ4v) is 4.36. The first-order valence-electron chi connectivity index (χ1n) is 11.2. The molecule has 7 heteroatoms. The summed E-state index contributed by atoms with van der Waals surface area (Å²) in [7, 11) is 1.87. The Labute approximate surface area is 198 Å². The van der Waals surface area contributed by atoms with Gasteiger partial charge in [-0.05, 0) is 17.0 Å². The van der Waals surface area contributed by atoms with Crippen molar-refractivity contribution in [2.75, 3.05) is 4.90 Å². The molecular weight excluding hydrogens is 424 g/mol. The topological polar surface area (TPSA) is 87.7 Å². The van der Waals surface area contributed by atoms with Crippen molar-refractivity contribution < 1.29 is 4.79 Å². The van der Waals surface area contributed by atoms with E-state index in [-0.39, 0.29) is 5.91 Å². The molecule has 168 valence electrons. The van der Waals surface area contributed by atoms with Crippen molar-refractivity contribution in [2.24, 2.45) is 7.05 Å². The molecule has 34 heavy (non-hydrogen) atoms. The van der Waals surface area contributed by atoms with Gasteiger partial charge in [-0.1, -0.05) is 62.4 Å². The molecule has 0 N–H and O–H groups in total. The summed E-state index contributed by atoms with van der Waals surface area (Å²) < 4.78 is 1.83. The van der Waals surface area contributed by atoms with Gasteiger partial charge in [0.2, 0.25) is 5.91 Å². The molecule has 0 aliphatic carbocycles. The van der Waals surface area contributed by atoms with Crippen LogP contribution in [0.5, 0.6) is 0 Å². The number of carbonyl (C=O) groups excluding carboxylic acids is 1. The van der Waals surface area contributed by atoms with E-state index >= 15 is 0 Å². The van der Waals surface area contributed by atoms with Crippen molar-refractivity contribution >= 4 is 11.7 Å². The van der Waals surface area contributed by atoms with Crippen LogP contribution >= 0.6 is 0 Å². The number of imidazole rings is 1. The zero-order valence-electron chi connectivity index (χ0n) is 19.4. The van der Waals surface area contributed by atoms with E-state index < -0.39 is 0 Å². The predicted octanol–water partition coefficient (Wildman–Crippen LogP) is 4.63. The highest BCUT2D eigenvalue weighted by atomic mass is 16.2. The molecule has 2 aromatic heterocycles. The van der Waals surface area contributed by atoms with Crippen molar-refractivity contribution in [1.82, 2.24) is 19.5 Å². The molecule has 1 amide bonds. The lowest BCUT2D eigenvalue weighted by Gasteiger charge is -2.18. The number of rotatable bonds is 5. The van der Waals surface area contributed by atoms with Gasteiger partial charge in [-0.2, -0.15) is 5.26 Å². The molecule has 0 saturated carbocycles. The molecule has 4 aromatic rings. The average molecular weight is 449 g/mol. The van der Waals surface area contributed by atoms with Crippen LogP contribution in [-0.4, -0.2) is 25.4 Å². The molecule has 0 bridgehead atoms. The van der Waals surface area contributed by atoms with Crippen LogP contribution in [0.1, 0.15) is 42.1 Å². The third kappa shape index (κ3) is 3.84. The highest BCUT2D eigenvalue weighted by molar-refractivity contribution is 6.00. The Morgan fingerprint density at radius 2 is 1.85 bits per heavy atom. The van der Waals surface area contributed by atoms with Gasteiger partial charge in [0.15, 0.2) is 11.5 Å². The fourth-order valence-electron chi connectivity index (χ4n) is 4.36. The van der Waals surface area contributed by atoms with Crippen molar-refractivity contribution in [3.05, 3.63) is 83.3 Å². The Bertz CT molecular complexity index is 1430. The monoisotopic (exact) mass is 448 g/mol. The molecular formula is C27H24N6O. The quantitative estimate of drug-likeness (QED) is 0.444. The standard InChI is InChI=1S/C27H24N6O/c1-17(2)22-6-4-5-7-23(22)25-29-14-20-12-24(34)33(27(20)31-25)15-18-8-10-19(11-9-18)26-30-21(13-28)16-32(26)3/h4-11,14,16-17H,12,15H2,1-3H3. The Hall–Kier alpha value is -4.31. The summed E-state index contributed by atoms with van der Waals surface area (Å²) >= 11 is 0. The number of aromatic nitrogens is 4. The highest BCUT2D eigenvalue weighted by Crippen LogP contribution is 2.33. The summed E-state index contributed by atoms with van der Waals surface area (Å²) in [4.78, 5) is 28.3. The van der Waals surface area contributed by atoms with Crippen LogP contribution in [0.4, 0.5) is 5.82 Å². The number of nitriles is 1.